The Hall–Kier alpha value is -1.44. The van der Waals surface area contributed by atoms with Crippen LogP contribution in [0.5, 0.6) is 0 Å². The van der Waals surface area contributed by atoms with E-state index in [0.29, 0.717) is 17.1 Å². The summed E-state index contributed by atoms with van der Waals surface area (Å²) in [5, 5.41) is 3.59. The predicted octanol–water partition coefficient (Wildman–Crippen LogP) is 2.46. The summed E-state index contributed by atoms with van der Waals surface area (Å²) in [5.41, 5.74) is 1.62. The van der Waals surface area contributed by atoms with Crippen LogP contribution < -0.4 is 5.32 Å². The molecule has 0 saturated carbocycles. The maximum atomic E-state index is 12.5. The topological polar surface area (TPSA) is 67.9 Å². The largest absolute Gasteiger partial charge is 0.465 e. The normalized spacial score (nSPS) is 23.8. The maximum absolute atomic E-state index is 12.5. The highest BCUT2D eigenvalue weighted by atomic mass is 32.1. The molecule has 3 rings (SSSR count). The van der Waals surface area contributed by atoms with Gasteiger partial charge >= 0.3 is 5.97 Å². The highest BCUT2D eigenvalue weighted by Crippen LogP contribution is 2.38. The fourth-order valence-electron chi connectivity index (χ4n) is 3.75. The Morgan fingerprint density at radius 1 is 1.24 bits per heavy atom. The number of methoxy groups -OCH3 is 1. The zero-order valence-corrected chi connectivity index (χ0v) is 15.9. The summed E-state index contributed by atoms with van der Waals surface area (Å²) in [6.07, 6.45) is 4.30. The number of carbonyl (C=O) groups excluding carboxylic acids is 2. The SMILES string of the molecule is COC(=O)c1c(NC(=O)CN2CC(C)OC(C)C2)sc2c1CCCC2. The van der Waals surface area contributed by atoms with Gasteiger partial charge in [0.2, 0.25) is 5.91 Å². The van der Waals surface area contributed by atoms with E-state index in [0.717, 1.165) is 44.3 Å². The maximum Gasteiger partial charge on any atom is 0.341 e. The Bertz CT molecular complexity index is 648. The van der Waals surface area contributed by atoms with Crippen molar-refractivity contribution in [3.63, 3.8) is 0 Å². The third-order valence-corrected chi connectivity index (χ3v) is 5.88. The number of carbonyl (C=O) groups is 2. The minimum Gasteiger partial charge on any atom is -0.465 e. The second kappa shape index (κ2) is 7.85. The van der Waals surface area contributed by atoms with Gasteiger partial charge in [0.15, 0.2) is 0 Å². The van der Waals surface area contributed by atoms with E-state index in [1.54, 1.807) is 0 Å². The zero-order chi connectivity index (χ0) is 18.0. The molecule has 2 atom stereocenters. The van der Waals surface area contributed by atoms with Crippen molar-refractivity contribution in [1.82, 2.24) is 4.90 Å². The summed E-state index contributed by atoms with van der Waals surface area (Å²) in [5.74, 6) is -0.451. The first-order valence-corrected chi connectivity index (χ1v) is 9.70. The molecular weight excluding hydrogens is 340 g/mol. The molecule has 1 amide bonds. The molecule has 2 unspecified atom stereocenters. The van der Waals surface area contributed by atoms with Gasteiger partial charge in [-0.05, 0) is 45.1 Å². The van der Waals surface area contributed by atoms with Crippen molar-refractivity contribution in [1.29, 1.82) is 0 Å². The van der Waals surface area contributed by atoms with E-state index < -0.39 is 0 Å². The van der Waals surface area contributed by atoms with E-state index in [1.165, 1.54) is 23.3 Å². The van der Waals surface area contributed by atoms with E-state index in [2.05, 4.69) is 10.2 Å². The lowest BCUT2D eigenvalue weighted by molar-refractivity contribution is -0.121. The fourth-order valence-corrected chi connectivity index (χ4v) is 5.05. The molecule has 1 aliphatic heterocycles. The molecule has 7 heteroatoms. The lowest BCUT2D eigenvalue weighted by atomic mass is 9.95. The third kappa shape index (κ3) is 4.22. The molecule has 0 radical (unpaired) electrons. The van der Waals surface area contributed by atoms with Crippen LogP contribution in [0.3, 0.4) is 0 Å². The van der Waals surface area contributed by atoms with E-state index in [-0.39, 0.29) is 24.1 Å². The number of morpholine rings is 1. The molecule has 2 heterocycles. The van der Waals surface area contributed by atoms with Crippen molar-refractivity contribution in [2.75, 3.05) is 32.1 Å². The van der Waals surface area contributed by atoms with Crippen molar-refractivity contribution in [2.24, 2.45) is 0 Å². The molecule has 2 aliphatic rings. The summed E-state index contributed by atoms with van der Waals surface area (Å²) < 4.78 is 10.7. The van der Waals surface area contributed by atoms with E-state index in [4.69, 9.17) is 9.47 Å². The molecule has 1 fully saturated rings. The fraction of sp³-hybridized carbons (Fsp3) is 0.667. The van der Waals surface area contributed by atoms with Gasteiger partial charge in [-0.1, -0.05) is 0 Å². The molecule has 1 aromatic rings. The minimum atomic E-state index is -0.358. The number of hydrogen-bond donors (Lipinski definition) is 1. The average molecular weight is 366 g/mol. The smallest absolute Gasteiger partial charge is 0.341 e. The monoisotopic (exact) mass is 366 g/mol. The molecule has 0 aromatic carbocycles. The van der Waals surface area contributed by atoms with Crippen molar-refractivity contribution < 1.29 is 19.1 Å². The Morgan fingerprint density at radius 3 is 2.60 bits per heavy atom. The minimum absolute atomic E-state index is 0.0925. The number of ether oxygens (including phenoxy) is 2. The highest BCUT2D eigenvalue weighted by Gasteiger charge is 2.28. The number of anilines is 1. The lowest BCUT2D eigenvalue weighted by Crippen LogP contribution is -2.48. The molecule has 6 nitrogen and oxygen atoms in total. The molecule has 138 valence electrons. The van der Waals surface area contributed by atoms with Crippen LogP contribution in [-0.2, 0) is 27.1 Å². The van der Waals surface area contributed by atoms with Crippen LogP contribution in [-0.4, -0.2) is 55.7 Å². The summed E-state index contributed by atoms with van der Waals surface area (Å²) in [6.45, 7) is 5.82. The van der Waals surface area contributed by atoms with Gasteiger partial charge < -0.3 is 14.8 Å². The van der Waals surface area contributed by atoms with Crippen LogP contribution in [0.15, 0.2) is 0 Å². The lowest BCUT2D eigenvalue weighted by Gasteiger charge is -2.34. The summed E-state index contributed by atoms with van der Waals surface area (Å²) in [6, 6.07) is 0. The molecule has 1 N–H and O–H groups in total. The van der Waals surface area contributed by atoms with Crippen LogP contribution in [0.2, 0.25) is 0 Å². The highest BCUT2D eigenvalue weighted by molar-refractivity contribution is 7.17. The third-order valence-electron chi connectivity index (χ3n) is 4.68. The summed E-state index contributed by atoms with van der Waals surface area (Å²) >= 11 is 1.52. The van der Waals surface area contributed by atoms with Crippen LogP contribution >= 0.6 is 11.3 Å². The van der Waals surface area contributed by atoms with Gasteiger partial charge in [-0.3, -0.25) is 9.69 Å². The first-order valence-electron chi connectivity index (χ1n) is 8.88. The molecular formula is C18H26N2O4S. The Balaban J connectivity index is 1.72. The number of esters is 1. The van der Waals surface area contributed by atoms with Crippen LogP contribution in [0.1, 0.15) is 47.5 Å². The number of nitrogens with one attached hydrogen (secondary N) is 1. The number of nitrogens with zero attached hydrogens (tertiary/aromatic N) is 1. The van der Waals surface area contributed by atoms with Gasteiger partial charge in [0, 0.05) is 18.0 Å². The van der Waals surface area contributed by atoms with Crippen molar-refractivity contribution in [3.05, 3.63) is 16.0 Å². The number of fused-ring (bicyclic) bond motifs is 1. The van der Waals surface area contributed by atoms with Crippen LogP contribution in [0.4, 0.5) is 5.00 Å². The number of hydrogen-bond acceptors (Lipinski definition) is 6. The molecule has 25 heavy (non-hydrogen) atoms. The van der Waals surface area contributed by atoms with Gasteiger partial charge in [-0.15, -0.1) is 11.3 Å². The summed E-state index contributed by atoms with van der Waals surface area (Å²) in [4.78, 5) is 28.1. The van der Waals surface area contributed by atoms with Gasteiger partial charge in [-0.2, -0.15) is 0 Å². The van der Waals surface area contributed by atoms with Crippen LogP contribution in [0, 0.1) is 0 Å². The van der Waals surface area contributed by atoms with E-state index in [1.807, 2.05) is 13.8 Å². The summed E-state index contributed by atoms with van der Waals surface area (Å²) in [7, 11) is 1.39. The number of thiophene rings is 1. The predicted molar refractivity (Wildman–Crippen MR) is 97.4 cm³/mol. The second-order valence-corrected chi connectivity index (χ2v) is 8.01. The van der Waals surface area contributed by atoms with Crippen molar-refractivity contribution in [3.8, 4) is 0 Å². The van der Waals surface area contributed by atoms with Gasteiger partial charge in [0.25, 0.3) is 0 Å². The Morgan fingerprint density at radius 2 is 1.92 bits per heavy atom. The molecule has 1 aromatic heterocycles. The second-order valence-electron chi connectivity index (χ2n) is 6.91. The Labute approximate surface area is 152 Å². The van der Waals surface area contributed by atoms with E-state index in [9.17, 15) is 9.59 Å². The first kappa shape index (κ1) is 18.4. The van der Waals surface area contributed by atoms with Crippen LogP contribution in [0.25, 0.3) is 0 Å². The van der Waals surface area contributed by atoms with Gasteiger partial charge in [-0.25, -0.2) is 4.79 Å². The molecule has 1 aliphatic carbocycles. The number of rotatable bonds is 4. The van der Waals surface area contributed by atoms with Gasteiger partial charge in [0.1, 0.15) is 5.00 Å². The average Bonchev–Trinajstić information content (AvgIpc) is 2.90. The standard InChI is InChI=1S/C18H26N2O4S/c1-11-8-20(9-12(2)24-11)10-15(21)19-17-16(18(22)23-3)13-6-4-5-7-14(13)25-17/h11-12H,4-10H2,1-3H3,(H,19,21). The Kier molecular flexibility index (Phi) is 5.76. The number of aryl methyl sites for hydroxylation is 1. The molecule has 1 saturated heterocycles. The van der Waals surface area contributed by atoms with Crippen molar-refractivity contribution >= 4 is 28.2 Å². The zero-order valence-electron chi connectivity index (χ0n) is 15.1. The molecule has 0 bridgehead atoms. The molecule has 0 spiro atoms. The van der Waals surface area contributed by atoms with Crippen molar-refractivity contribution in [2.45, 2.75) is 51.7 Å². The quantitative estimate of drug-likeness (QED) is 0.829. The van der Waals surface area contributed by atoms with E-state index >= 15 is 0 Å². The number of amides is 1. The van der Waals surface area contributed by atoms with Gasteiger partial charge in [0.05, 0.1) is 31.4 Å². The first-order chi connectivity index (χ1) is 12.0.